The van der Waals surface area contributed by atoms with Gasteiger partial charge in [0, 0.05) is 13.1 Å². The Balaban J connectivity index is 2.83. The Morgan fingerprint density at radius 1 is 1.50 bits per heavy atom. The van der Waals surface area contributed by atoms with E-state index in [-0.39, 0.29) is 0 Å². The first-order valence-electron chi connectivity index (χ1n) is 4.95. The fourth-order valence-corrected chi connectivity index (χ4v) is 1.40. The summed E-state index contributed by atoms with van der Waals surface area (Å²) in [5.74, 6) is 1.44. The molecule has 0 aromatic carbocycles. The van der Waals surface area contributed by atoms with E-state index in [1.165, 1.54) is 6.33 Å². The Hall–Kier alpha value is -1.32. The highest BCUT2D eigenvalue weighted by Gasteiger charge is 2.10. The number of aromatic nitrogens is 2. The van der Waals surface area contributed by atoms with E-state index >= 15 is 0 Å². The fourth-order valence-electron chi connectivity index (χ4n) is 1.40. The molecule has 2 N–H and O–H groups in total. The molecule has 0 aliphatic rings. The lowest BCUT2D eigenvalue weighted by molar-refractivity contribution is 0.614. The third kappa shape index (κ3) is 2.58. The zero-order chi connectivity index (χ0) is 10.6. The maximum absolute atomic E-state index is 5.81. The largest absolute Gasteiger partial charge is 0.394 e. The molecule has 0 aliphatic carbocycles. The molecule has 4 nitrogen and oxygen atoms in total. The molecule has 0 bridgehead atoms. The van der Waals surface area contributed by atoms with E-state index in [9.17, 15) is 0 Å². The maximum atomic E-state index is 5.81. The maximum Gasteiger partial charge on any atom is 0.155 e. The average Bonchev–Trinajstić information content (AvgIpc) is 2.15. The van der Waals surface area contributed by atoms with Crippen LogP contribution in [0.15, 0.2) is 12.5 Å². The summed E-state index contributed by atoms with van der Waals surface area (Å²) in [6, 6.07) is 0. The fraction of sp³-hybridized carbons (Fsp3) is 0.600. The Kier molecular flexibility index (Phi) is 3.68. The number of rotatable bonds is 4. The number of nitrogens with two attached hydrogens (primary N) is 1. The normalized spacial score (nSPS) is 10.6. The lowest BCUT2D eigenvalue weighted by Crippen LogP contribution is -2.28. The van der Waals surface area contributed by atoms with Crippen LogP contribution in [0.4, 0.5) is 11.5 Å². The summed E-state index contributed by atoms with van der Waals surface area (Å²) >= 11 is 0. The molecule has 0 saturated heterocycles. The summed E-state index contributed by atoms with van der Waals surface area (Å²) in [6.45, 7) is 8.35. The van der Waals surface area contributed by atoms with E-state index in [1.54, 1.807) is 6.20 Å². The highest BCUT2D eigenvalue weighted by molar-refractivity contribution is 5.60. The Labute approximate surface area is 85.2 Å². The van der Waals surface area contributed by atoms with Crippen LogP contribution in [0.2, 0.25) is 0 Å². The number of anilines is 2. The molecule has 0 aliphatic heterocycles. The van der Waals surface area contributed by atoms with E-state index in [4.69, 9.17) is 5.73 Å². The van der Waals surface area contributed by atoms with Crippen LogP contribution in [0.3, 0.4) is 0 Å². The Bertz CT molecular complexity index is 285. The summed E-state index contributed by atoms with van der Waals surface area (Å²) in [7, 11) is 0. The molecule has 78 valence electrons. The van der Waals surface area contributed by atoms with Gasteiger partial charge < -0.3 is 10.6 Å². The minimum Gasteiger partial charge on any atom is -0.394 e. The topological polar surface area (TPSA) is 55.0 Å². The highest BCUT2D eigenvalue weighted by Crippen LogP contribution is 2.18. The van der Waals surface area contributed by atoms with Crippen molar-refractivity contribution in [3.8, 4) is 0 Å². The van der Waals surface area contributed by atoms with Crippen molar-refractivity contribution in [2.75, 3.05) is 23.7 Å². The van der Waals surface area contributed by atoms with Crippen LogP contribution in [0.5, 0.6) is 0 Å². The van der Waals surface area contributed by atoms with Crippen molar-refractivity contribution < 1.29 is 0 Å². The molecule has 0 spiro atoms. The zero-order valence-electron chi connectivity index (χ0n) is 9.07. The van der Waals surface area contributed by atoms with Crippen LogP contribution >= 0.6 is 0 Å². The van der Waals surface area contributed by atoms with Gasteiger partial charge in [-0.05, 0) is 12.8 Å². The standard InChI is InChI=1S/C10H18N4/c1-4-14(6-8(2)3)10-9(11)5-12-7-13-10/h5,7-8H,4,6,11H2,1-3H3. The van der Waals surface area contributed by atoms with Crippen LogP contribution in [-0.4, -0.2) is 23.1 Å². The second kappa shape index (κ2) is 4.79. The van der Waals surface area contributed by atoms with E-state index in [0.717, 1.165) is 18.9 Å². The molecule has 14 heavy (non-hydrogen) atoms. The number of hydrogen-bond acceptors (Lipinski definition) is 4. The smallest absolute Gasteiger partial charge is 0.155 e. The molecule has 0 amide bonds. The van der Waals surface area contributed by atoms with E-state index in [1.807, 2.05) is 0 Å². The third-order valence-electron chi connectivity index (χ3n) is 1.99. The van der Waals surface area contributed by atoms with Crippen LogP contribution in [-0.2, 0) is 0 Å². The van der Waals surface area contributed by atoms with Gasteiger partial charge in [-0.3, -0.25) is 0 Å². The quantitative estimate of drug-likeness (QED) is 0.790. The van der Waals surface area contributed by atoms with Crippen LogP contribution in [0.1, 0.15) is 20.8 Å². The molecule has 0 saturated carbocycles. The summed E-state index contributed by atoms with van der Waals surface area (Å²) in [4.78, 5) is 10.2. The van der Waals surface area contributed by atoms with Gasteiger partial charge in [-0.2, -0.15) is 0 Å². The van der Waals surface area contributed by atoms with Crippen molar-refractivity contribution >= 4 is 11.5 Å². The molecular formula is C10H18N4. The molecule has 1 heterocycles. The molecule has 0 fully saturated rings. The van der Waals surface area contributed by atoms with Crippen LogP contribution in [0, 0.1) is 5.92 Å². The summed E-state index contributed by atoms with van der Waals surface area (Å²) < 4.78 is 0. The van der Waals surface area contributed by atoms with Gasteiger partial charge in [0.1, 0.15) is 6.33 Å². The van der Waals surface area contributed by atoms with E-state index in [0.29, 0.717) is 11.6 Å². The number of nitrogen functional groups attached to an aromatic ring is 1. The molecular weight excluding hydrogens is 176 g/mol. The minimum absolute atomic E-state index is 0.601. The van der Waals surface area contributed by atoms with Gasteiger partial charge in [0.2, 0.25) is 0 Å². The molecule has 1 aromatic rings. The van der Waals surface area contributed by atoms with Gasteiger partial charge in [-0.25, -0.2) is 9.97 Å². The van der Waals surface area contributed by atoms with Crippen molar-refractivity contribution in [1.82, 2.24) is 9.97 Å². The lowest BCUT2D eigenvalue weighted by Gasteiger charge is -2.24. The number of hydrogen-bond donors (Lipinski definition) is 1. The van der Waals surface area contributed by atoms with Crippen LogP contribution in [0.25, 0.3) is 0 Å². The second-order valence-electron chi connectivity index (χ2n) is 3.73. The van der Waals surface area contributed by atoms with Crippen molar-refractivity contribution in [2.45, 2.75) is 20.8 Å². The predicted octanol–water partition coefficient (Wildman–Crippen LogP) is 1.54. The first-order chi connectivity index (χ1) is 6.65. The summed E-state index contributed by atoms with van der Waals surface area (Å²) in [5.41, 5.74) is 6.45. The highest BCUT2D eigenvalue weighted by atomic mass is 15.2. The molecule has 1 aromatic heterocycles. The van der Waals surface area contributed by atoms with Gasteiger partial charge in [0.05, 0.1) is 11.9 Å². The predicted molar refractivity (Wildman–Crippen MR) is 59.2 cm³/mol. The van der Waals surface area contributed by atoms with E-state index in [2.05, 4.69) is 35.6 Å². The molecule has 0 atom stereocenters. The van der Waals surface area contributed by atoms with Crippen molar-refractivity contribution in [1.29, 1.82) is 0 Å². The van der Waals surface area contributed by atoms with Gasteiger partial charge in [-0.15, -0.1) is 0 Å². The first-order valence-corrected chi connectivity index (χ1v) is 4.95. The van der Waals surface area contributed by atoms with E-state index < -0.39 is 0 Å². The van der Waals surface area contributed by atoms with Crippen LogP contribution < -0.4 is 10.6 Å². The van der Waals surface area contributed by atoms with Gasteiger partial charge in [0.25, 0.3) is 0 Å². The minimum atomic E-state index is 0.601. The molecule has 0 unspecified atom stereocenters. The molecule has 4 heteroatoms. The summed E-state index contributed by atoms with van der Waals surface area (Å²) in [5, 5.41) is 0. The van der Waals surface area contributed by atoms with Crippen molar-refractivity contribution in [2.24, 2.45) is 5.92 Å². The monoisotopic (exact) mass is 194 g/mol. The van der Waals surface area contributed by atoms with Gasteiger partial charge in [0.15, 0.2) is 5.82 Å². The zero-order valence-corrected chi connectivity index (χ0v) is 9.07. The second-order valence-corrected chi connectivity index (χ2v) is 3.73. The third-order valence-corrected chi connectivity index (χ3v) is 1.99. The molecule has 1 rings (SSSR count). The van der Waals surface area contributed by atoms with Gasteiger partial charge >= 0.3 is 0 Å². The first kappa shape index (κ1) is 10.8. The van der Waals surface area contributed by atoms with Crippen molar-refractivity contribution in [3.63, 3.8) is 0 Å². The molecule has 0 radical (unpaired) electrons. The SMILES string of the molecule is CCN(CC(C)C)c1ncncc1N. The lowest BCUT2D eigenvalue weighted by atomic mass is 10.2. The Morgan fingerprint density at radius 3 is 2.71 bits per heavy atom. The van der Waals surface area contributed by atoms with Gasteiger partial charge in [-0.1, -0.05) is 13.8 Å². The Morgan fingerprint density at radius 2 is 2.21 bits per heavy atom. The summed E-state index contributed by atoms with van der Waals surface area (Å²) in [6.07, 6.45) is 3.18. The van der Waals surface area contributed by atoms with Crippen molar-refractivity contribution in [3.05, 3.63) is 12.5 Å². The number of nitrogens with zero attached hydrogens (tertiary/aromatic N) is 3. The average molecular weight is 194 g/mol.